The predicted octanol–water partition coefficient (Wildman–Crippen LogP) is 3.21. The first kappa shape index (κ1) is 9.57. The largest absolute Gasteiger partial charge is 0.493 e. The molecule has 14 heavy (non-hydrogen) atoms. The molecule has 0 saturated heterocycles. The van der Waals surface area contributed by atoms with E-state index in [0.29, 0.717) is 5.92 Å². The molecule has 0 aliphatic heterocycles. The second-order valence-electron chi connectivity index (χ2n) is 4.49. The number of benzene rings is 1. The molecule has 1 aliphatic carbocycles. The molecule has 1 aromatic rings. The summed E-state index contributed by atoms with van der Waals surface area (Å²) in [5.41, 5.74) is 3.01. The van der Waals surface area contributed by atoms with Gasteiger partial charge in [0.25, 0.3) is 0 Å². The maximum absolute atomic E-state index is 5.69. The Morgan fingerprint density at radius 2 is 2.00 bits per heavy atom. The van der Waals surface area contributed by atoms with Crippen molar-refractivity contribution in [3.05, 3.63) is 29.3 Å². The van der Waals surface area contributed by atoms with Gasteiger partial charge in [-0.1, -0.05) is 19.9 Å². The zero-order chi connectivity index (χ0) is 9.97. The minimum absolute atomic E-state index is 0.600. The van der Waals surface area contributed by atoms with Crippen LogP contribution in [0.15, 0.2) is 18.2 Å². The summed E-state index contributed by atoms with van der Waals surface area (Å²) in [6.07, 6.45) is 3.79. The van der Waals surface area contributed by atoms with Gasteiger partial charge in [-0.15, -0.1) is 0 Å². The fourth-order valence-electron chi connectivity index (χ4n) is 1.90. The Labute approximate surface area is 86.1 Å². The van der Waals surface area contributed by atoms with E-state index in [9.17, 15) is 0 Å². The summed E-state index contributed by atoms with van der Waals surface area (Å²) in [4.78, 5) is 0. The van der Waals surface area contributed by atoms with Crippen LogP contribution in [-0.4, -0.2) is 6.61 Å². The highest BCUT2D eigenvalue weighted by atomic mass is 16.5. The van der Waals surface area contributed by atoms with Crippen molar-refractivity contribution in [3.8, 4) is 5.75 Å². The van der Waals surface area contributed by atoms with Gasteiger partial charge in [-0.25, -0.2) is 0 Å². The van der Waals surface area contributed by atoms with Gasteiger partial charge in [0.1, 0.15) is 5.75 Å². The summed E-state index contributed by atoms with van der Waals surface area (Å²) in [6.45, 7) is 5.17. The number of hydrogen-bond donors (Lipinski definition) is 0. The second kappa shape index (κ2) is 4.04. The maximum Gasteiger partial charge on any atom is 0.119 e. The SMILES string of the molecule is CC(C)COc1ccc2c(c1)CCC2. The Morgan fingerprint density at radius 3 is 2.79 bits per heavy atom. The first-order valence-corrected chi connectivity index (χ1v) is 5.50. The van der Waals surface area contributed by atoms with Crippen LogP contribution >= 0.6 is 0 Å². The Kier molecular flexibility index (Phi) is 2.76. The average molecular weight is 190 g/mol. The summed E-state index contributed by atoms with van der Waals surface area (Å²) >= 11 is 0. The zero-order valence-electron chi connectivity index (χ0n) is 9.05. The number of aryl methyl sites for hydroxylation is 2. The summed E-state index contributed by atoms with van der Waals surface area (Å²) in [5, 5.41) is 0. The van der Waals surface area contributed by atoms with E-state index in [1.807, 2.05) is 0 Å². The summed E-state index contributed by atoms with van der Waals surface area (Å²) in [7, 11) is 0. The van der Waals surface area contributed by atoms with Crippen molar-refractivity contribution >= 4 is 0 Å². The number of fused-ring (bicyclic) bond motifs is 1. The summed E-state index contributed by atoms with van der Waals surface area (Å²) < 4.78 is 5.69. The van der Waals surface area contributed by atoms with Crippen molar-refractivity contribution in [1.82, 2.24) is 0 Å². The summed E-state index contributed by atoms with van der Waals surface area (Å²) in [6, 6.07) is 6.54. The maximum atomic E-state index is 5.69. The minimum Gasteiger partial charge on any atom is -0.493 e. The fraction of sp³-hybridized carbons (Fsp3) is 0.538. The lowest BCUT2D eigenvalue weighted by molar-refractivity contribution is 0.271. The molecule has 0 radical (unpaired) electrons. The molecule has 0 saturated carbocycles. The van der Waals surface area contributed by atoms with Crippen LogP contribution in [0.4, 0.5) is 0 Å². The van der Waals surface area contributed by atoms with Gasteiger partial charge >= 0.3 is 0 Å². The highest BCUT2D eigenvalue weighted by Crippen LogP contribution is 2.26. The molecule has 0 heterocycles. The Balaban J connectivity index is 2.05. The number of hydrogen-bond acceptors (Lipinski definition) is 1. The number of ether oxygens (including phenoxy) is 1. The van der Waals surface area contributed by atoms with Crippen LogP contribution in [0, 0.1) is 5.92 Å². The van der Waals surface area contributed by atoms with E-state index >= 15 is 0 Å². The first-order chi connectivity index (χ1) is 6.75. The molecule has 0 atom stereocenters. The van der Waals surface area contributed by atoms with E-state index in [1.165, 1.54) is 30.4 Å². The molecule has 0 unspecified atom stereocenters. The van der Waals surface area contributed by atoms with Gasteiger partial charge in [0.05, 0.1) is 6.61 Å². The quantitative estimate of drug-likeness (QED) is 0.711. The number of rotatable bonds is 3. The van der Waals surface area contributed by atoms with Crippen molar-refractivity contribution < 1.29 is 4.74 Å². The average Bonchev–Trinajstić information content (AvgIpc) is 2.61. The van der Waals surface area contributed by atoms with Crippen molar-refractivity contribution in [2.75, 3.05) is 6.61 Å². The third-order valence-corrected chi connectivity index (χ3v) is 2.65. The standard InChI is InChI=1S/C13H18O/c1-10(2)9-14-13-7-6-11-4-3-5-12(11)8-13/h6-8,10H,3-5,9H2,1-2H3. The fourth-order valence-corrected chi connectivity index (χ4v) is 1.90. The van der Waals surface area contributed by atoms with Crippen LogP contribution < -0.4 is 4.74 Å². The van der Waals surface area contributed by atoms with Crippen LogP contribution in [0.1, 0.15) is 31.4 Å². The van der Waals surface area contributed by atoms with Crippen LogP contribution in [-0.2, 0) is 12.8 Å². The van der Waals surface area contributed by atoms with Crippen LogP contribution in [0.2, 0.25) is 0 Å². The van der Waals surface area contributed by atoms with Crippen LogP contribution in [0.25, 0.3) is 0 Å². The van der Waals surface area contributed by atoms with E-state index in [4.69, 9.17) is 4.74 Å². The van der Waals surface area contributed by atoms with Crippen LogP contribution in [0.3, 0.4) is 0 Å². The smallest absolute Gasteiger partial charge is 0.119 e. The molecule has 1 aliphatic rings. The lowest BCUT2D eigenvalue weighted by Crippen LogP contribution is -2.04. The van der Waals surface area contributed by atoms with E-state index in [-0.39, 0.29) is 0 Å². The molecule has 0 N–H and O–H groups in total. The van der Waals surface area contributed by atoms with E-state index in [0.717, 1.165) is 12.4 Å². The Bertz CT molecular complexity index is 315. The normalized spacial score (nSPS) is 14.5. The molecular formula is C13H18O. The van der Waals surface area contributed by atoms with Gasteiger partial charge < -0.3 is 4.74 Å². The highest BCUT2D eigenvalue weighted by Gasteiger charge is 2.11. The molecule has 76 valence electrons. The van der Waals surface area contributed by atoms with E-state index in [2.05, 4.69) is 32.0 Å². The van der Waals surface area contributed by atoms with E-state index in [1.54, 1.807) is 0 Å². The van der Waals surface area contributed by atoms with Crippen LogP contribution in [0.5, 0.6) is 5.75 Å². The molecule has 1 heteroatoms. The lowest BCUT2D eigenvalue weighted by Gasteiger charge is -2.09. The molecule has 0 fully saturated rings. The van der Waals surface area contributed by atoms with Crippen molar-refractivity contribution in [2.45, 2.75) is 33.1 Å². The van der Waals surface area contributed by atoms with Gasteiger partial charge in [-0.3, -0.25) is 0 Å². The minimum atomic E-state index is 0.600. The lowest BCUT2D eigenvalue weighted by atomic mass is 10.1. The van der Waals surface area contributed by atoms with Crippen molar-refractivity contribution in [1.29, 1.82) is 0 Å². The molecule has 1 nitrogen and oxygen atoms in total. The van der Waals surface area contributed by atoms with Gasteiger partial charge in [0.2, 0.25) is 0 Å². The molecule has 0 amide bonds. The van der Waals surface area contributed by atoms with E-state index < -0.39 is 0 Å². The Hall–Kier alpha value is -0.980. The zero-order valence-corrected chi connectivity index (χ0v) is 9.05. The molecule has 0 bridgehead atoms. The molecule has 2 rings (SSSR count). The second-order valence-corrected chi connectivity index (χ2v) is 4.49. The third kappa shape index (κ3) is 2.09. The van der Waals surface area contributed by atoms with Crippen molar-refractivity contribution in [3.63, 3.8) is 0 Å². The Morgan fingerprint density at radius 1 is 1.21 bits per heavy atom. The van der Waals surface area contributed by atoms with Gasteiger partial charge in [-0.05, 0) is 48.4 Å². The molecule has 1 aromatic carbocycles. The summed E-state index contributed by atoms with van der Waals surface area (Å²) in [5.74, 6) is 1.64. The molecule has 0 spiro atoms. The predicted molar refractivity (Wildman–Crippen MR) is 58.8 cm³/mol. The van der Waals surface area contributed by atoms with Gasteiger partial charge in [-0.2, -0.15) is 0 Å². The molecular weight excluding hydrogens is 172 g/mol. The molecule has 0 aromatic heterocycles. The van der Waals surface area contributed by atoms with Crippen molar-refractivity contribution in [2.24, 2.45) is 5.92 Å². The van der Waals surface area contributed by atoms with Gasteiger partial charge in [0, 0.05) is 0 Å². The third-order valence-electron chi connectivity index (χ3n) is 2.65. The highest BCUT2D eigenvalue weighted by molar-refractivity contribution is 5.38. The first-order valence-electron chi connectivity index (χ1n) is 5.50. The topological polar surface area (TPSA) is 9.23 Å². The van der Waals surface area contributed by atoms with Gasteiger partial charge in [0.15, 0.2) is 0 Å². The monoisotopic (exact) mass is 190 g/mol.